The topological polar surface area (TPSA) is 84.5 Å². The molecule has 0 fully saturated rings. The van der Waals surface area contributed by atoms with Crippen LogP contribution in [0.1, 0.15) is 23.4 Å². The number of carbonyl (C=O) groups is 1. The van der Waals surface area contributed by atoms with Gasteiger partial charge in [0.1, 0.15) is 10.6 Å². The second-order valence-electron chi connectivity index (χ2n) is 6.03. The molecule has 0 saturated heterocycles. The second-order valence-corrected chi connectivity index (χ2v) is 8.69. The van der Waals surface area contributed by atoms with Crippen molar-refractivity contribution < 1.29 is 17.9 Å². The van der Waals surface area contributed by atoms with Gasteiger partial charge in [-0.2, -0.15) is 4.72 Å². The number of carbonyl (C=O) groups excluding carboxylic acids is 1. The van der Waals surface area contributed by atoms with Gasteiger partial charge in [-0.25, -0.2) is 8.42 Å². The van der Waals surface area contributed by atoms with E-state index < -0.39 is 16.1 Å². The maximum atomic E-state index is 13.2. The molecule has 3 rings (SSSR count). The van der Waals surface area contributed by atoms with Gasteiger partial charge in [-0.15, -0.1) is 11.3 Å². The number of methoxy groups -OCH3 is 1. The van der Waals surface area contributed by atoms with Crippen LogP contribution in [0.25, 0.3) is 0 Å². The average molecular weight is 417 g/mol. The predicted octanol–water partition coefficient (Wildman–Crippen LogP) is 3.78. The first-order valence-corrected chi connectivity index (χ1v) is 10.8. The molecule has 3 aromatic rings. The summed E-state index contributed by atoms with van der Waals surface area (Å²) in [6, 6.07) is 17.1. The third-order valence-electron chi connectivity index (χ3n) is 4.01. The molecule has 1 atom stereocenters. The molecule has 146 valence electrons. The van der Waals surface area contributed by atoms with E-state index in [1.165, 1.54) is 37.5 Å². The van der Waals surface area contributed by atoms with E-state index in [4.69, 9.17) is 4.74 Å². The molecule has 8 heteroatoms. The molecule has 6 nitrogen and oxygen atoms in total. The molecule has 0 aliphatic heterocycles. The predicted molar refractivity (Wildman–Crippen MR) is 110 cm³/mol. The lowest BCUT2D eigenvalue weighted by atomic mass is 10.1. The molecule has 28 heavy (non-hydrogen) atoms. The van der Waals surface area contributed by atoms with Crippen LogP contribution < -0.4 is 14.8 Å². The van der Waals surface area contributed by atoms with Crippen molar-refractivity contribution in [1.82, 2.24) is 4.72 Å². The van der Waals surface area contributed by atoms with Crippen molar-refractivity contribution >= 4 is 33.0 Å². The van der Waals surface area contributed by atoms with Crippen LogP contribution in [0.15, 0.2) is 70.9 Å². The van der Waals surface area contributed by atoms with Crippen molar-refractivity contribution in [3.63, 3.8) is 0 Å². The third-order valence-corrected chi connectivity index (χ3v) is 6.39. The summed E-state index contributed by atoms with van der Waals surface area (Å²) in [4.78, 5) is 12.2. The number of ether oxygens (including phenoxy) is 1. The van der Waals surface area contributed by atoms with Crippen LogP contribution in [0.4, 0.5) is 5.69 Å². The van der Waals surface area contributed by atoms with Crippen LogP contribution in [0, 0.1) is 0 Å². The molecular weight excluding hydrogens is 396 g/mol. The van der Waals surface area contributed by atoms with Gasteiger partial charge in [0.05, 0.1) is 13.2 Å². The van der Waals surface area contributed by atoms with Crippen LogP contribution in [-0.4, -0.2) is 21.4 Å². The van der Waals surface area contributed by atoms with Gasteiger partial charge in [0.2, 0.25) is 15.9 Å². The number of nitrogens with one attached hydrogen (secondary N) is 2. The quantitative estimate of drug-likeness (QED) is 0.614. The molecule has 0 aliphatic carbocycles. The summed E-state index contributed by atoms with van der Waals surface area (Å²) in [5.41, 5.74) is 1.20. The normalized spacial score (nSPS) is 12.4. The van der Waals surface area contributed by atoms with E-state index in [1.54, 1.807) is 6.07 Å². The van der Waals surface area contributed by atoms with Crippen molar-refractivity contribution in [2.45, 2.75) is 17.9 Å². The highest BCUT2D eigenvalue weighted by Crippen LogP contribution is 2.31. The average Bonchev–Trinajstić information content (AvgIpc) is 3.21. The van der Waals surface area contributed by atoms with Gasteiger partial charge in [0.25, 0.3) is 0 Å². The summed E-state index contributed by atoms with van der Waals surface area (Å²) in [7, 11) is -2.55. The van der Waals surface area contributed by atoms with Crippen LogP contribution >= 0.6 is 11.3 Å². The number of benzene rings is 2. The number of anilines is 1. The summed E-state index contributed by atoms with van der Waals surface area (Å²) in [5, 5.41) is 4.50. The number of thiophene rings is 1. The number of hydrogen-bond donors (Lipinski definition) is 2. The van der Waals surface area contributed by atoms with Crippen LogP contribution in [-0.2, 0) is 14.8 Å². The molecule has 2 aromatic carbocycles. The highest BCUT2D eigenvalue weighted by Gasteiger charge is 2.26. The molecule has 0 aliphatic rings. The van der Waals surface area contributed by atoms with E-state index in [0.717, 1.165) is 10.4 Å². The molecule has 1 heterocycles. The van der Waals surface area contributed by atoms with Crippen LogP contribution in [0.5, 0.6) is 5.75 Å². The molecule has 0 radical (unpaired) electrons. The minimum absolute atomic E-state index is 0.0428. The molecular formula is C20H20N2O4S2. The largest absolute Gasteiger partial charge is 0.495 e. The van der Waals surface area contributed by atoms with Gasteiger partial charge in [0, 0.05) is 17.5 Å². The first-order chi connectivity index (χ1) is 13.4. The van der Waals surface area contributed by atoms with Gasteiger partial charge in [0.15, 0.2) is 0 Å². The van der Waals surface area contributed by atoms with Gasteiger partial charge in [-0.3, -0.25) is 4.79 Å². The standard InChI is InChI=1S/C20H20N2O4S2/c1-14(23)21-16-10-11-17(26-2)19(13-16)28(24,25)22-20(18-9-6-12-27-18)15-7-4-3-5-8-15/h3-13,20,22H,1-2H3,(H,21,23). The van der Waals surface area contributed by atoms with Gasteiger partial charge in [-0.1, -0.05) is 36.4 Å². The highest BCUT2D eigenvalue weighted by atomic mass is 32.2. The van der Waals surface area contributed by atoms with Crippen molar-refractivity contribution in [2.24, 2.45) is 0 Å². The fourth-order valence-electron chi connectivity index (χ4n) is 2.78. The lowest BCUT2D eigenvalue weighted by Crippen LogP contribution is -2.29. The molecule has 1 unspecified atom stereocenters. The molecule has 0 spiro atoms. The van der Waals surface area contributed by atoms with Crippen molar-refractivity contribution in [1.29, 1.82) is 0 Å². The fourth-order valence-corrected chi connectivity index (χ4v) is 5.05. The summed E-state index contributed by atoms with van der Waals surface area (Å²) in [6.07, 6.45) is 0. The Balaban J connectivity index is 2.02. The zero-order valence-corrected chi connectivity index (χ0v) is 17.0. The lowest BCUT2D eigenvalue weighted by Gasteiger charge is -2.19. The Morgan fingerprint density at radius 3 is 2.43 bits per heavy atom. The molecule has 1 aromatic heterocycles. The Morgan fingerprint density at radius 1 is 1.07 bits per heavy atom. The minimum atomic E-state index is -3.95. The zero-order valence-electron chi connectivity index (χ0n) is 15.4. The highest BCUT2D eigenvalue weighted by molar-refractivity contribution is 7.89. The van der Waals surface area contributed by atoms with E-state index in [-0.39, 0.29) is 16.6 Å². The molecule has 1 amide bonds. The van der Waals surface area contributed by atoms with Crippen molar-refractivity contribution in [3.8, 4) is 5.75 Å². The van der Waals surface area contributed by atoms with Crippen molar-refractivity contribution in [2.75, 3.05) is 12.4 Å². The summed E-state index contributed by atoms with van der Waals surface area (Å²) < 4.78 is 34.5. The Labute approximate surface area is 168 Å². The van der Waals surface area contributed by atoms with E-state index in [0.29, 0.717) is 5.69 Å². The van der Waals surface area contributed by atoms with Crippen LogP contribution in [0.2, 0.25) is 0 Å². The van der Waals surface area contributed by atoms with E-state index in [1.807, 2.05) is 47.8 Å². The van der Waals surface area contributed by atoms with Crippen LogP contribution in [0.3, 0.4) is 0 Å². The third kappa shape index (κ3) is 4.59. The number of rotatable bonds is 7. The molecule has 0 bridgehead atoms. The lowest BCUT2D eigenvalue weighted by molar-refractivity contribution is -0.114. The van der Waals surface area contributed by atoms with E-state index in [9.17, 15) is 13.2 Å². The number of hydrogen-bond acceptors (Lipinski definition) is 5. The van der Waals surface area contributed by atoms with E-state index in [2.05, 4.69) is 10.0 Å². The van der Waals surface area contributed by atoms with Gasteiger partial charge >= 0.3 is 0 Å². The van der Waals surface area contributed by atoms with E-state index >= 15 is 0 Å². The molecule has 0 saturated carbocycles. The number of sulfonamides is 1. The minimum Gasteiger partial charge on any atom is -0.495 e. The summed E-state index contributed by atoms with van der Waals surface area (Å²) in [6.45, 7) is 1.36. The SMILES string of the molecule is COc1ccc(NC(C)=O)cc1S(=O)(=O)NC(c1ccccc1)c1cccs1. The van der Waals surface area contributed by atoms with Gasteiger partial charge < -0.3 is 10.1 Å². The first kappa shape index (κ1) is 20.1. The smallest absolute Gasteiger partial charge is 0.245 e. The number of amides is 1. The van der Waals surface area contributed by atoms with Crippen molar-refractivity contribution in [3.05, 3.63) is 76.5 Å². The zero-order chi connectivity index (χ0) is 20.1. The van der Waals surface area contributed by atoms with Gasteiger partial charge in [-0.05, 0) is 35.2 Å². The summed E-state index contributed by atoms with van der Waals surface area (Å²) in [5.74, 6) is -0.0955. The Kier molecular flexibility index (Phi) is 6.13. The first-order valence-electron chi connectivity index (χ1n) is 8.47. The second kappa shape index (κ2) is 8.55. The monoisotopic (exact) mass is 416 g/mol. The maximum absolute atomic E-state index is 13.2. The maximum Gasteiger partial charge on any atom is 0.245 e. The molecule has 2 N–H and O–H groups in total. The Bertz CT molecular complexity index is 1050. The Hall–Kier alpha value is -2.68. The fraction of sp³-hybridized carbons (Fsp3) is 0.150. The Morgan fingerprint density at radius 2 is 1.82 bits per heavy atom. The summed E-state index contributed by atoms with van der Waals surface area (Å²) >= 11 is 1.47.